The van der Waals surface area contributed by atoms with Crippen LogP contribution in [0.25, 0.3) is 0 Å². The third kappa shape index (κ3) is 10.1. The Bertz CT molecular complexity index is 1090. The van der Waals surface area contributed by atoms with Crippen LogP contribution in [0, 0.1) is 0 Å². The molecule has 0 saturated carbocycles. The van der Waals surface area contributed by atoms with Crippen molar-refractivity contribution in [2.24, 2.45) is 0 Å². The summed E-state index contributed by atoms with van der Waals surface area (Å²) in [4.78, 5) is 41.9. The van der Waals surface area contributed by atoms with Crippen LogP contribution in [0.15, 0.2) is 61.2 Å². The summed E-state index contributed by atoms with van der Waals surface area (Å²) in [6.45, 7) is 13.7. The maximum atomic E-state index is 14.2. The van der Waals surface area contributed by atoms with Gasteiger partial charge in [-0.05, 0) is 62.4 Å². The second-order valence-corrected chi connectivity index (χ2v) is 10.5. The number of benzene rings is 2. The fourth-order valence-electron chi connectivity index (χ4n) is 4.07. The molecule has 2 unspecified atom stereocenters. The van der Waals surface area contributed by atoms with Gasteiger partial charge < -0.3 is 25.4 Å². The molecule has 2 aromatic rings. The molecule has 0 saturated heterocycles. The molecular weight excluding hydrogens is 494 g/mol. The molecule has 2 rings (SSSR count). The summed E-state index contributed by atoms with van der Waals surface area (Å²) in [7, 11) is 0. The fraction of sp³-hybridized carbons (Fsp3) is 0.452. The molecule has 3 N–H and O–H groups in total. The summed E-state index contributed by atoms with van der Waals surface area (Å²) in [5, 5.41) is 15.4. The summed E-state index contributed by atoms with van der Waals surface area (Å²) < 4.78 is 5.44. The fourth-order valence-corrected chi connectivity index (χ4v) is 4.07. The molecule has 2 aromatic carbocycles. The lowest BCUT2D eigenvalue weighted by Gasteiger charge is -2.34. The van der Waals surface area contributed by atoms with Crippen molar-refractivity contribution in [3.05, 3.63) is 77.9 Å². The smallest absolute Gasteiger partial charge is 0.408 e. The average molecular weight is 538 g/mol. The predicted molar refractivity (Wildman–Crippen MR) is 153 cm³/mol. The number of unbranched alkanes of at least 4 members (excludes halogenated alkanes) is 1. The van der Waals surface area contributed by atoms with Gasteiger partial charge in [0.15, 0.2) is 0 Å². The molecule has 0 aliphatic heterocycles. The number of rotatable bonds is 13. The average Bonchev–Trinajstić information content (AvgIpc) is 2.88. The number of alkyl carbamates (subject to hydrolysis) is 1. The van der Waals surface area contributed by atoms with Crippen molar-refractivity contribution in [2.45, 2.75) is 78.0 Å². The quantitative estimate of drug-likeness (QED) is 0.244. The van der Waals surface area contributed by atoms with Gasteiger partial charge in [0.2, 0.25) is 11.8 Å². The molecule has 2 atom stereocenters. The van der Waals surface area contributed by atoms with Crippen LogP contribution in [0.2, 0.25) is 0 Å². The van der Waals surface area contributed by atoms with Crippen molar-refractivity contribution in [1.29, 1.82) is 0 Å². The van der Waals surface area contributed by atoms with Gasteiger partial charge in [0.25, 0.3) is 0 Å². The summed E-state index contributed by atoms with van der Waals surface area (Å²) in [5.41, 5.74) is 1.73. The maximum absolute atomic E-state index is 14.2. The highest BCUT2D eigenvalue weighted by Gasteiger charge is 2.35. The number of aromatic hydroxyl groups is 1. The Labute approximate surface area is 232 Å². The molecule has 0 spiro atoms. The first-order valence-corrected chi connectivity index (χ1v) is 13.5. The number of phenols is 1. The second kappa shape index (κ2) is 15.0. The molecule has 0 aliphatic carbocycles. The molecule has 8 nitrogen and oxygen atoms in total. The molecule has 8 heteroatoms. The van der Waals surface area contributed by atoms with Crippen LogP contribution in [0.5, 0.6) is 5.75 Å². The first-order valence-electron chi connectivity index (χ1n) is 13.5. The Hall–Kier alpha value is -3.81. The Kier molecular flexibility index (Phi) is 12.0. The Morgan fingerprint density at radius 1 is 1.03 bits per heavy atom. The highest BCUT2D eigenvalue weighted by molar-refractivity contribution is 5.92. The van der Waals surface area contributed by atoms with Gasteiger partial charge in [-0.15, -0.1) is 6.58 Å². The molecule has 0 aromatic heterocycles. The van der Waals surface area contributed by atoms with E-state index in [1.165, 1.54) is 17.0 Å². The van der Waals surface area contributed by atoms with Gasteiger partial charge in [0.05, 0.1) is 0 Å². The summed E-state index contributed by atoms with van der Waals surface area (Å²) in [5.74, 6) is -0.665. The number of aryl methyl sites for hydroxylation is 1. The molecule has 212 valence electrons. The van der Waals surface area contributed by atoms with Crippen molar-refractivity contribution < 1.29 is 24.2 Å². The second-order valence-electron chi connectivity index (χ2n) is 10.5. The van der Waals surface area contributed by atoms with Crippen LogP contribution in [-0.2, 0) is 27.2 Å². The number of nitrogens with one attached hydrogen (secondary N) is 2. The number of hydrogen-bond acceptors (Lipinski definition) is 5. The highest BCUT2D eigenvalue weighted by atomic mass is 16.6. The minimum absolute atomic E-state index is 0.0856. The van der Waals surface area contributed by atoms with E-state index in [1.54, 1.807) is 39.0 Å². The van der Waals surface area contributed by atoms with Gasteiger partial charge in [-0.25, -0.2) is 4.79 Å². The normalized spacial score (nSPS) is 12.6. The number of hydrogen-bond donors (Lipinski definition) is 3. The van der Waals surface area contributed by atoms with Crippen LogP contribution in [0.3, 0.4) is 0 Å². The molecule has 0 aliphatic rings. The molecule has 3 amide bonds. The van der Waals surface area contributed by atoms with E-state index in [4.69, 9.17) is 4.74 Å². The number of carbonyl (C=O) groups excluding carboxylic acids is 3. The first-order chi connectivity index (χ1) is 18.5. The molecule has 0 bridgehead atoms. The van der Waals surface area contributed by atoms with Gasteiger partial charge in [-0.1, -0.05) is 62.7 Å². The van der Waals surface area contributed by atoms with E-state index in [0.717, 1.165) is 30.4 Å². The topological polar surface area (TPSA) is 108 Å². The molecule has 0 radical (unpaired) electrons. The highest BCUT2D eigenvalue weighted by Crippen LogP contribution is 2.24. The zero-order valence-corrected chi connectivity index (χ0v) is 23.8. The van der Waals surface area contributed by atoms with Crippen LogP contribution < -0.4 is 10.6 Å². The van der Waals surface area contributed by atoms with Crippen LogP contribution >= 0.6 is 0 Å². The zero-order valence-electron chi connectivity index (χ0n) is 23.8. The largest absolute Gasteiger partial charge is 0.508 e. The van der Waals surface area contributed by atoms with E-state index < -0.39 is 29.7 Å². The Morgan fingerprint density at radius 2 is 1.64 bits per heavy atom. The van der Waals surface area contributed by atoms with Crippen molar-refractivity contribution in [2.75, 3.05) is 13.1 Å². The first kappa shape index (κ1) is 31.4. The number of nitrogens with zero attached hydrogens (tertiary/aromatic N) is 1. The third-order valence-electron chi connectivity index (χ3n) is 6.07. The standard InChI is InChI=1S/C31H43N3O5/c1-7-10-19-32-28(36)27(24-15-11-22(9-3)12-16-24)34(20-8-2)29(37)26(33-30(38)39-31(4,5)6)21-23-13-17-25(35)18-14-23/h8,11-18,26-27,35H,2,7,9-10,19-21H2,1,3-6H3,(H,32,36)(H,33,38). The van der Waals surface area contributed by atoms with Crippen molar-refractivity contribution in [1.82, 2.24) is 15.5 Å². The molecule has 39 heavy (non-hydrogen) atoms. The monoisotopic (exact) mass is 537 g/mol. The molecular formula is C31H43N3O5. The summed E-state index contributed by atoms with van der Waals surface area (Å²) in [6, 6.07) is 12.1. The van der Waals surface area contributed by atoms with Crippen LogP contribution in [0.1, 0.15) is 70.2 Å². The molecule has 0 heterocycles. The van der Waals surface area contributed by atoms with Crippen LogP contribution in [0.4, 0.5) is 4.79 Å². The summed E-state index contributed by atoms with van der Waals surface area (Å²) >= 11 is 0. The maximum Gasteiger partial charge on any atom is 0.408 e. The van der Waals surface area contributed by atoms with Gasteiger partial charge in [0, 0.05) is 19.5 Å². The van der Waals surface area contributed by atoms with Crippen molar-refractivity contribution in [3.8, 4) is 5.75 Å². The van der Waals surface area contributed by atoms with E-state index in [-0.39, 0.29) is 24.6 Å². The van der Waals surface area contributed by atoms with Gasteiger partial charge >= 0.3 is 6.09 Å². The van der Waals surface area contributed by atoms with E-state index in [9.17, 15) is 19.5 Å². The Balaban J connectivity index is 2.50. The van der Waals surface area contributed by atoms with Gasteiger partial charge in [-0.2, -0.15) is 0 Å². The third-order valence-corrected chi connectivity index (χ3v) is 6.07. The lowest BCUT2D eigenvalue weighted by atomic mass is 9.99. The van der Waals surface area contributed by atoms with Crippen molar-refractivity contribution >= 4 is 17.9 Å². The number of carbonyl (C=O) groups is 3. The van der Waals surface area contributed by atoms with E-state index >= 15 is 0 Å². The lowest BCUT2D eigenvalue weighted by Crippen LogP contribution is -2.54. The number of amides is 3. The minimum atomic E-state index is -1.04. The predicted octanol–water partition coefficient (Wildman–Crippen LogP) is 5.06. The number of phenolic OH excluding ortho intramolecular Hbond substituents is 1. The molecule has 0 fully saturated rings. The summed E-state index contributed by atoms with van der Waals surface area (Å²) in [6.07, 6.45) is 3.53. The van der Waals surface area contributed by atoms with Gasteiger partial charge in [-0.3, -0.25) is 9.59 Å². The van der Waals surface area contributed by atoms with Gasteiger partial charge in [0.1, 0.15) is 23.4 Å². The van der Waals surface area contributed by atoms with E-state index in [1.807, 2.05) is 38.1 Å². The number of ether oxygens (including phenoxy) is 1. The SMILES string of the molecule is C=CCN(C(=O)C(Cc1ccc(O)cc1)NC(=O)OC(C)(C)C)C(C(=O)NCCCC)c1ccc(CC)cc1. The van der Waals surface area contributed by atoms with E-state index in [0.29, 0.717) is 12.1 Å². The lowest BCUT2D eigenvalue weighted by molar-refractivity contribution is -0.141. The zero-order chi connectivity index (χ0) is 29.0. The minimum Gasteiger partial charge on any atom is -0.508 e. The van der Waals surface area contributed by atoms with Crippen molar-refractivity contribution in [3.63, 3.8) is 0 Å². The van der Waals surface area contributed by atoms with Crippen LogP contribution in [-0.4, -0.2) is 52.6 Å². The Morgan fingerprint density at radius 3 is 2.18 bits per heavy atom. The van der Waals surface area contributed by atoms with E-state index in [2.05, 4.69) is 17.2 Å².